The number of hydrogen-bond acceptors (Lipinski definition) is 2. The Bertz CT molecular complexity index is 1250. The third-order valence-corrected chi connectivity index (χ3v) is 5.54. The second-order valence-electron chi connectivity index (χ2n) is 7.56. The zero-order valence-electron chi connectivity index (χ0n) is 17.4. The summed E-state index contributed by atoms with van der Waals surface area (Å²) in [6.07, 6.45) is 3.77. The number of nitrogens with zero attached hydrogens (tertiary/aromatic N) is 2. The van der Waals surface area contributed by atoms with Gasteiger partial charge in [0, 0.05) is 23.5 Å². The molecule has 2 aromatic heterocycles. The van der Waals surface area contributed by atoms with E-state index in [0.29, 0.717) is 0 Å². The first-order chi connectivity index (χ1) is 15.3. The highest BCUT2D eigenvalue weighted by atomic mass is 14.7. The Balaban J connectivity index is 1.73. The van der Waals surface area contributed by atoms with Crippen LogP contribution in [0, 0.1) is 6.92 Å². The number of pyridine rings is 2. The van der Waals surface area contributed by atoms with E-state index in [1.54, 1.807) is 0 Å². The minimum atomic E-state index is 0.943. The topological polar surface area (TPSA) is 25.8 Å². The van der Waals surface area contributed by atoms with E-state index in [0.717, 1.165) is 28.1 Å². The molecule has 0 N–H and O–H groups in total. The maximum atomic E-state index is 4.92. The molecule has 0 atom stereocenters. The number of benzene rings is 3. The normalized spacial score (nSPS) is 10.7. The highest BCUT2D eigenvalue weighted by molar-refractivity contribution is 5.93. The molecule has 5 rings (SSSR count). The molecule has 2 heteroatoms. The van der Waals surface area contributed by atoms with Crippen LogP contribution >= 0.6 is 0 Å². The molecular formula is C29H22N2. The molecule has 0 fully saturated rings. The van der Waals surface area contributed by atoms with Crippen LogP contribution in [-0.4, -0.2) is 9.97 Å². The van der Waals surface area contributed by atoms with Gasteiger partial charge in [-0.3, -0.25) is 9.97 Å². The van der Waals surface area contributed by atoms with Crippen molar-refractivity contribution in [2.75, 3.05) is 0 Å². The summed E-state index contributed by atoms with van der Waals surface area (Å²) in [5, 5.41) is 0. The molecule has 0 bridgehead atoms. The molecule has 0 aliphatic rings. The van der Waals surface area contributed by atoms with Crippen molar-refractivity contribution in [3.63, 3.8) is 0 Å². The Morgan fingerprint density at radius 1 is 0.516 bits per heavy atom. The van der Waals surface area contributed by atoms with Crippen molar-refractivity contribution < 1.29 is 0 Å². The van der Waals surface area contributed by atoms with Gasteiger partial charge in [0.05, 0.1) is 11.4 Å². The molecule has 0 saturated carbocycles. The molecule has 0 unspecified atom stereocenters. The van der Waals surface area contributed by atoms with Crippen molar-refractivity contribution in [1.82, 2.24) is 9.97 Å². The average molecular weight is 399 g/mol. The molecule has 0 spiro atoms. The lowest BCUT2D eigenvalue weighted by atomic mass is 9.89. The lowest BCUT2D eigenvalue weighted by Crippen LogP contribution is -1.95. The quantitative estimate of drug-likeness (QED) is 0.314. The SMILES string of the molecule is Cc1cc(-c2c(-c3ccccc3)cccc2-c2ccccc2)ncc1-c1ccccn1. The fourth-order valence-electron chi connectivity index (χ4n) is 4.03. The van der Waals surface area contributed by atoms with Gasteiger partial charge in [0.25, 0.3) is 0 Å². The van der Waals surface area contributed by atoms with E-state index in [9.17, 15) is 0 Å². The summed E-state index contributed by atoms with van der Waals surface area (Å²) in [6, 6.07) is 35.7. The van der Waals surface area contributed by atoms with E-state index >= 15 is 0 Å². The van der Waals surface area contributed by atoms with Crippen molar-refractivity contribution in [1.29, 1.82) is 0 Å². The molecule has 0 radical (unpaired) electrons. The van der Waals surface area contributed by atoms with Gasteiger partial charge in [0.15, 0.2) is 0 Å². The predicted octanol–water partition coefficient (Wildman–Crippen LogP) is 7.45. The van der Waals surface area contributed by atoms with Crippen LogP contribution in [0.5, 0.6) is 0 Å². The van der Waals surface area contributed by atoms with Crippen LogP contribution in [0.25, 0.3) is 44.8 Å². The van der Waals surface area contributed by atoms with E-state index in [2.05, 4.69) is 84.7 Å². The van der Waals surface area contributed by atoms with Gasteiger partial charge >= 0.3 is 0 Å². The second kappa shape index (κ2) is 8.37. The molecule has 148 valence electrons. The Morgan fingerprint density at radius 2 is 1.13 bits per heavy atom. The van der Waals surface area contributed by atoms with Gasteiger partial charge in [0.2, 0.25) is 0 Å². The van der Waals surface area contributed by atoms with Gasteiger partial charge in [-0.2, -0.15) is 0 Å². The van der Waals surface area contributed by atoms with Gasteiger partial charge < -0.3 is 0 Å². The number of aromatic nitrogens is 2. The number of rotatable bonds is 4. The van der Waals surface area contributed by atoms with Crippen LogP contribution in [0.4, 0.5) is 0 Å². The molecule has 2 nitrogen and oxygen atoms in total. The molecule has 0 amide bonds. The Kier molecular flexibility index (Phi) is 5.12. The second-order valence-corrected chi connectivity index (χ2v) is 7.56. The largest absolute Gasteiger partial charge is 0.256 e. The van der Waals surface area contributed by atoms with Crippen LogP contribution in [0.2, 0.25) is 0 Å². The zero-order valence-corrected chi connectivity index (χ0v) is 17.4. The van der Waals surface area contributed by atoms with E-state index in [1.807, 2.05) is 42.7 Å². The van der Waals surface area contributed by atoms with Crippen LogP contribution in [-0.2, 0) is 0 Å². The Labute approximate surface area is 182 Å². The van der Waals surface area contributed by atoms with Crippen molar-refractivity contribution in [2.45, 2.75) is 6.92 Å². The van der Waals surface area contributed by atoms with Crippen LogP contribution in [0.3, 0.4) is 0 Å². The highest BCUT2D eigenvalue weighted by Crippen LogP contribution is 2.40. The first-order valence-corrected chi connectivity index (χ1v) is 10.4. The predicted molar refractivity (Wildman–Crippen MR) is 129 cm³/mol. The molecule has 5 aromatic rings. The molecule has 31 heavy (non-hydrogen) atoms. The first-order valence-electron chi connectivity index (χ1n) is 10.4. The number of aryl methyl sites for hydroxylation is 1. The van der Waals surface area contributed by atoms with Crippen molar-refractivity contribution in [2.24, 2.45) is 0 Å². The monoisotopic (exact) mass is 398 g/mol. The summed E-state index contributed by atoms with van der Waals surface area (Å²) < 4.78 is 0. The summed E-state index contributed by atoms with van der Waals surface area (Å²) in [6.45, 7) is 2.13. The smallest absolute Gasteiger partial charge is 0.0720 e. The van der Waals surface area contributed by atoms with Crippen LogP contribution in [0.1, 0.15) is 5.56 Å². The fourth-order valence-corrected chi connectivity index (χ4v) is 4.03. The standard InChI is InChI=1S/C29H22N2/c1-21-19-28(31-20-26(21)27-17-8-9-18-30-27)29-24(22-11-4-2-5-12-22)15-10-16-25(29)23-13-6-3-7-14-23/h2-20H,1H3. The van der Waals surface area contributed by atoms with Gasteiger partial charge in [0.1, 0.15) is 0 Å². The van der Waals surface area contributed by atoms with E-state index < -0.39 is 0 Å². The molecular weight excluding hydrogens is 376 g/mol. The van der Waals surface area contributed by atoms with Gasteiger partial charge in [-0.25, -0.2) is 0 Å². The maximum absolute atomic E-state index is 4.92. The van der Waals surface area contributed by atoms with Gasteiger partial charge in [-0.1, -0.05) is 84.9 Å². The van der Waals surface area contributed by atoms with Crippen molar-refractivity contribution >= 4 is 0 Å². The Hall–Kier alpha value is -4.04. The lowest BCUT2D eigenvalue weighted by molar-refractivity contribution is 1.25. The summed E-state index contributed by atoms with van der Waals surface area (Å²) in [7, 11) is 0. The van der Waals surface area contributed by atoms with Crippen LogP contribution < -0.4 is 0 Å². The lowest BCUT2D eigenvalue weighted by Gasteiger charge is -2.17. The molecule has 2 heterocycles. The average Bonchev–Trinajstić information content (AvgIpc) is 2.85. The molecule has 0 aliphatic heterocycles. The third-order valence-electron chi connectivity index (χ3n) is 5.54. The summed E-state index contributed by atoms with van der Waals surface area (Å²) >= 11 is 0. The van der Waals surface area contributed by atoms with Crippen LogP contribution in [0.15, 0.2) is 116 Å². The van der Waals surface area contributed by atoms with Crippen molar-refractivity contribution in [3.8, 4) is 44.8 Å². The minimum Gasteiger partial charge on any atom is -0.256 e. The minimum absolute atomic E-state index is 0.943. The number of hydrogen-bond donors (Lipinski definition) is 0. The summed E-state index contributed by atoms with van der Waals surface area (Å²) in [4.78, 5) is 9.42. The van der Waals surface area contributed by atoms with E-state index in [-0.39, 0.29) is 0 Å². The summed E-state index contributed by atoms with van der Waals surface area (Å²) in [5.41, 5.74) is 10.0. The third kappa shape index (κ3) is 3.76. The maximum Gasteiger partial charge on any atom is 0.0720 e. The molecule has 0 aliphatic carbocycles. The van der Waals surface area contributed by atoms with Gasteiger partial charge in [-0.15, -0.1) is 0 Å². The fraction of sp³-hybridized carbons (Fsp3) is 0.0345. The summed E-state index contributed by atoms with van der Waals surface area (Å²) in [5.74, 6) is 0. The van der Waals surface area contributed by atoms with E-state index in [1.165, 1.54) is 22.3 Å². The first kappa shape index (κ1) is 19.0. The molecule has 3 aromatic carbocycles. The Morgan fingerprint density at radius 3 is 1.68 bits per heavy atom. The zero-order chi connectivity index (χ0) is 21.0. The van der Waals surface area contributed by atoms with Crippen molar-refractivity contribution in [3.05, 3.63) is 121 Å². The molecule has 0 saturated heterocycles. The highest BCUT2D eigenvalue weighted by Gasteiger charge is 2.16. The van der Waals surface area contributed by atoms with Gasteiger partial charge in [-0.05, 0) is 52.9 Å². The van der Waals surface area contributed by atoms with E-state index in [4.69, 9.17) is 4.98 Å².